The second-order valence-corrected chi connectivity index (χ2v) is 5.22. The largest absolute Gasteiger partial charge is 0.312 e. The van der Waals surface area contributed by atoms with E-state index >= 15 is 0 Å². The molecule has 0 radical (unpaired) electrons. The van der Waals surface area contributed by atoms with Crippen molar-refractivity contribution in [2.45, 2.75) is 32.4 Å². The molecule has 0 amide bonds. The molecule has 1 aromatic heterocycles. The van der Waals surface area contributed by atoms with Crippen molar-refractivity contribution in [3.05, 3.63) is 48.0 Å². The number of rotatable bonds is 4. The lowest BCUT2D eigenvalue weighted by Gasteiger charge is -2.23. The van der Waals surface area contributed by atoms with Crippen LogP contribution in [0.5, 0.6) is 0 Å². The average molecular weight is 256 g/mol. The van der Waals surface area contributed by atoms with Crippen molar-refractivity contribution in [1.82, 2.24) is 19.7 Å². The van der Waals surface area contributed by atoms with Gasteiger partial charge in [0.25, 0.3) is 0 Å². The van der Waals surface area contributed by atoms with E-state index in [4.69, 9.17) is 0 Å². The molecule has 4 heteroatoms. The van der Waals surface area contributed by atoms with Crippen LogP contribution >= 0.6 is 0 Å². The van der Waals surface area contributed by atoms with Gasteiger partial charge in [-0.1, -0.05) is 30.3 Å². The van der Waals surface area contributed by atoms with E-state index in [2.05, 4.69) is 50.9 Å². The third-order valence-corrected chi connectivity index (χ3v) is 3.90. The summed E-state index contributed by atoms with van der Waals surface area (Å²) in [5.41, 5.74) is 1.29. The van der Waals surface area contributed by atoms with Crippen molar-refractivity contribution >= 4 is 0 Å². The zero-order chi connectivity index (χ0) is 13.1. The maximum Gasteiger partial charge on any atom is 0.150 e. The number of hydrogen-bond donors (Lipinski definition) is 0. The number of hydrogen-bond acceptors (Lipinski definition) is 3. The first-order chi connectivity index (χ1) is 9.34. The summed E-state index contributed by atoms with van der Waals surface area (Å²) < 4.78 is 2.16. The summed E-state index contributed by atoms with van der Waals surface area (Å²) in [5, 5.41) is 8.43. The quantitative estimate of drug-likeness (QED) is 0.842. The molecular weight excluding hydrogens is 236 g/mol. The molecule has 2 aromatic rings. The minimum absolute atomic E-state index is 0.355. The lowest BCUT2D eigenvalue weighted by Crippen LogP contribution is -2.26. The van der Waals surface area contributed by atoms with Crippen LogP contribution in [0.4, 0.5) is 0 Å². The molecule has 0 bridgehead atoms. The van der Waals surface area contributed by atoms with Crippen molar-refractivity contribution in [2.75, 3.05) is 13.1 Å². The lowest BCUT2D eigenvalue weighted by atomic mass is 10.2. The Morgan fingerprint density at radius 2 is 1.89 bits per heavy atom. The Morgan fingerprint density at radius 1 is 1.16 bits per heavy atom. The van der Waals surface area contributed by atoms with Crippen LogP contribution in [0.3, 0.4) is 0 Å². The molecule has 0 aliphatic carbocycles. The maximum atomic E-state index is 4.33. The second-order valence-electron chi connectivity index (χ2n) is 5.22. The first-order valence-electron chi connectivity index (χ1n) is 7.00. The zero-order valence-electron chi connectivity index (χ0n) is 11.4. The van der Waals surface area contributed by atoms with Crippen LogP contribution in [0.1, 0.15) is 37.2 Å². The van der Waals surface area contributed by atoms with Gasteiger partial charge in [-0.2, -0.15) is 0 Å². The highest BCUT2D eigenvalue weighted by Crippen LogP contribution is 2.23. The molecule has 19 heavy (non-hydrogen) atoms. The van der Waals surface area contributed by atoms with E-state index in [1.54, 1.807) is 0 Å². The van der Waals surface area contributed by atoms with Gasteiger partial charge in [-0.25, -0.2) is 0 Å². The molecule has 0 N–H and O–H groups in total. The van der Waals surface area contributed by atoms with Crippen LogP contribution in [-0.2, 0) is 6.54 Å². The molecule has 0 saturated carbocycles. The molecule has 1 aromatic carbocycles. The van der Waals surface area contributed by atoms with Gasteiger partial charge in [0.05, 0.1) is 12.6 Å². The first-order valence-corrected chi connectivity index (χ1v) is 7.00. The smallest absolute Gasteiger partial charge is 0.150 e. The standard InChI is InChI=1S/C15H20N4/c1-13(18-9-5-6-10-18)15-17-16-12-19(15)11-14-7-3-2-4-8-14/h2-4,7-8,12-13H,5-6,9-11H2,1H3. The normalized spacial score (nSPS) is 17.7. The summed E-state index contributed by atoms with van der Waals surface area (Å²) in [6, 6.07) is 10.8. The fourth-order valence-corrected chi connectivity index (χ4v) is 2.78. The SMILES string of the molecule is CC(c1nncn1Cc1ccccc1)N1CCCC1. The fraction of sp³-hybridized carbons (Fsp3) is 0.467. The molecule has 100 valence electrons. The summed E-state index contributed by atoms with van der Waals surface area (Å²) in [6.07, 6.45) is 4.45. The molecule has 1 aliphatic heterocycles. The number of nitrogens with zero attached hydrogens (tertiary/aromatic N) is 4. The first kappa shape index (κ1) is 12.4. The molecule has 3 rings (SSSR count). The molecule has 1 saturated heterocycles. The zero-order valence-corrected chi connectivity index (χ0v) is 11.4. The van der Waals surface area contributed by atoms with Crippen LogP contribution in [0.2, 0.25) is 0 Å². The monoisotopic (exact) mass is 256 g/mol. The summed E-state index contributed by atoms with van der Waals surface area (Å²) in [4.78, 5) is 2.49. The van der Waals surface area contributed by atoms with E-state index in [9.17, 15) is 0 Å². The minimum atomic E-state index is 0.355. The van der Waals surface area contributed by atoms with E-state index < -0.39 is 0 Å². The summed E-state index contributed by atoms with van der Waals surface area (Å²) in [6.45, 7) is 5.44. The van der Waals surface area contributed by atoms with Crippen LogP contribution in [0.25, 0.3) is 0 Å². The molecule has 1 fully saturated rings. The highest BCUT2D eigenvalue weighted by molar-refractivity contribution is 5.15. The highest BCUT2D eigenvalue weighted by atomic mass is 15.3. The van der Waals surface area contributed by atoms with Gasteiger partial charge >= 0.3 is 0 Å². The van der Waals surface area contributed by atoms with Gasteiger partial charge in [0, 0.05) is 0 Å². The third-order valence-electron chi connectivity index (χ3n) is 3.90. The van der Waals surface area contributed by atoms with Crippen LogP contribution < -0.4 is 0 Å². The molecule has 1 aliphatic rings. The molecule has 1 atom stereocenters. The number of likely N-dealkylation sites (tertiary alicyclic amines) is 1. The van der Waals surface area contributed by atoms with Gasteiger partial charge in [0.15, 0.2) is 0 Å². The van der Waals surface area contributed by atoms with Gasteiger partial charge < -0.3 is 4.57 Å². The van der Waals surface area contributed by atoms with Crippen molar-refractivity contribution < 1.29 is 0 Å². The Labute approximate surface area is 114 Å². The molecular formula is C15H20N4. The molecule has 1 unspecified atom stereocenters. The Hall–Kier alpha value is -1.68. The van der Waals surface area contributed by atoms with Crippen molar-refractivity contribution in [3.63, 3.8) is 0 Å². The Morgan fingerprint density at radius 3 is 2.63 bits per heavy atom. The summed E-state index contributed by atoms with van der Waals surface area (Å²) >= 11 is 0. The number of aromatic nitrogens is 3. The fourth-order valence-electron chi connectivity index (χ4n) is 2.78. The van der Waals surface area contributed by atoms with Crippen LogP contribution in [0, 0.1) is 0 Å². The average Bonchev–Trinajstić information content (AvgIpc) is 3.10. The van der Waals surface area contributed by atoms with Crippen molar-refractivity contribution in [1.29, 1.82) is 0 Å². The Kier molecular flexibility index (Phi) is 3.60. The van der Waals surface area contributed by atoms with E-state index in [1.807, 2.05) is 12.4 Å². The lowest BCUT2D eigenvalue weighted by molar-refractivity contribution is 0.248. The third kappa shape index (κ3) is 2.68. The molecule has 4 nitrogen and oxygen atoms in total. The molecule has 2 heterocycles. The van der Waals surface area contributed by atoms with Crippen LogP contribution in [0.15, 0.2) is 36.7 Å². The summed E-state index contributed by atoms with van der Waals surface area (Å²) in [5.74, 6) is 1.07. The summed E-state index contributed by atoms with van der Waals surface area (Å²) in [7, 11) is 0. The Bertz CT molecular complexity index is 514. The minimum Gasteiger partial charge on any atom is -0.312 e. The second kappa shape index (κ2) is 5.53. The van der Waals surface area contributed by atoms with Gasteiger partial charge in [-0.15, -0.1) is 10.2 Å². The van der Waals surface area contributed by atoms with Gasteiger partial charge in [0.1, 0.15) is 12.2 Å². The van der Waals surface area contributed by atoms with Gasteiger partial charge in [-0.3, -0.25) is 4.90 Å². The van der Waals surface area contributed by atoms with Crippen LogP contribution in [-0.4, -0.2) is 32.8 Å². The topological polar surface area (TPSA) is 34.0 Å². The van der Waals surface area contributed by atoms with E-state index in [-0.39, 0.29) is 0 Å². The van der Waals surface area contributed by atoms with Crippen molar-refractivity contribution in [2.24, 2.45) is 0 Å². The van der Waals surface area contributed by atoms with E-state index in [1.165, 1.54) is 31.5 Å². The number of benzene rings is 1. The van der Waals surface area contributed by atoms with Crippen molar-refractivity contribution in [3.8, 4) is 0 Å². The highest BCUT2D eigenvalue weighted by Gasteiger charge is 2.23. The molecule has 0 spiro atoms. The maximum absolute atomic E-state index is 4.33. The van der Waals surface area contributed by atoms with Gasteiger partial charge in [0.2, 0.25) is 0 Å². The Balaban J connectivity index is 1.78. The van der Waals surface area contributed by atoms with E-state index in [0.717, 1.165) is 12.4 Å². The predicted octanol–water partition coefficient (Wildman–Crippen LogP) is 2.48. The van der Waals surface area contributed by atoms with E-state index in [0.29, 0.717) is 6.04 Å². The predicted molar refractivity (Wildman–Crippen MR) is 74.8 cm³/mol. The van der Waals surface area contributed by atoms with Gasteiger partial charge in [-0.05, 0) is 38.4 Å².